The molecule has 44 heavy (non-hydrogen) atoms. The van der Waals surface area contributed by atoms with Gasteiger partial charge in [0.1, 0.15) is 11.6 Å². The molecule has 2 fully saturated rings. The van der Waals surface area contributed by atoms with E-state index in [1.165, 1.54) is 39.2 Å². The van der Waals surface area contributed by atoms with Gasteiger partial charge in [0.15, 0.2) is 0 Å². The van der Waals surface area contributed by atoms with Crippen LogP contribution in [0.25, 0.3) is 11.1 Å². The van der Waals surface area contributed by atoms with E-state index in [9.17, 15) is 40.6 Å². The quantitative estimate of drug-likeness (QED) is 0.297. The Labute approximate surface area is 250 Å². The Kier molecular flexibility index (Phi) is 7.97. The van der Waals surface area contributed by atoms with Gasteiger partial charge in [-0.2, -0.15) is 26.3 Å². The van der Waals surface area contributed by atoms with Crippen LogP contribution in [0, 0.1) is 12.7 Å². The fraction of sp³-hybridized carbons (Fsp3) is 0.438. The number of fused-ring (bicyclic) bond motifs is 2. The zero-order chi connectivity index (χ0) is 32.4. The van der Waals surface area contributed by atoms with Gasteiger partial charge >= 0.3 is 12.4 Å². The summed E-state index contributed by atoms with van der Waals surface area (Å²) >= 11 is 0. The number of aliphatic hydroxyl groups excluding tert-OH is 1. The second kappa shape index (κ2) is 11.0. The van der Waals surface area contributed by atoms with Crippen LogP contribution in [-0.2, 0) is 22.6 Å². The predicted molar refractivity (Wildman–Crippen MR) is 152 cm³/mol. The average Bonchev–Trinajstić information content (AvgIpc) is 3.21. The van der Waals surface area contributed by atoms with Crippen molar-refractivity contribution in [3.63, 3.8) is 0 Å². The Morgan fingerprint density at radius 3 is 1.95 bits per heavy atom. The van der Waals surface area contributed by atoms with E-state index in [4.69, 9.17) is 0 Å². The van der Waals surface area contributed by atoms with E-state index in [0.29, 0.717) is 47.5 Å². The Morgan fingerprint density at radius 2 is 1.43 bits per heavy atom. The number of likely N-dealkylation sites (N-methyl/N-ethyl adjacent to an activating group) is 1. The molecule has 0 spiro atoms. The monoisotopic (exact) mass is 623 g/mol. The van der Waals surface area contributed by atoms with E-state index in [1.807, 2.05) is 0 Å². The number of anilines is 2. The Morgan fingerprint density at radius 1 is 0.886 bits per heavy atom. The van der Waals surface area contributed by atoms with Crippen molar-refractivity contribution in [2.45, 2.75) is 82.4 Å². The maximum atomic E-state index is 14.1. The van der Waals surface area contributed by atoms with E-state index in [0.717, 1.165) is 17.7 Å². The van der Waals surface area contributed by atoms with Crippen molar-refractivity contribution in [1.29, 1.82) is 0 Å². The average molecular weight is 624 g/mol. The molecule has 1 amide bonds. The lowest BCUT2D eigenvalue weighted by molar-refractivity contribution is -0.143. The normalized spacial score (nSPS) is 20.6. The molecular formula is C32H32F7N3O2. The number of piperidine rings is 1. The fourth-order valence-corrected chi connectivity index (χ4v) is 6.48. The van der Waals surface area contributed by atoms with Gasteiger partial charge in [-0.25, -0.2) is 9.37 Å². The summed E-state index contributed by atoms with van der Waals surface area (Å²) in [6.07, 6.45) is -6.21. The van der Waals surface area contributed by atoms with Gasteiger partial charge in [0, 0.05) is 24.7 Å². The van der Waals surface area contributed by atoms with Gasteiger partial charge in [0.25, 0.3) is 0 Å². The van der Waals surface area contributed by atoms with Crippen LogP contribution in [0.5, 0.6) is 0 Å². The van der Waals surface area contributed by atoms with Crippen LogP contribution < -0.4 is 9.80 Å². The molecule has 2 aromatic carbocycles. The van der Waals surface area contributed by atoms with Crippen molar-refractivity contribution < 1.29 is 40.6 Å². The number of nitrogens with zero attached hydrogens (tertiary/aromatic N) is 3. The Bertz CT molecular complexity index is 1540. The first kappa shape index (κ1) is 31.7. The van der Waals surface area contributed by atoms with E-state index >= 15 is 0 Å². The first-order valence-electron chi connectivity index (χ1n) is 14.2. The molecule has 236 valence electrons. The molecule has 1 aromatic heterocycles. The first-order chi connectivity index (χ1) is 20.4. The minimum atomic E-state index is -5.07. The zero-order valence-corrected chi connectivity index (χ0v) is 24.5. The minimum Gasteiger partial charge on any atom is -0.393 e. The number of carbonyl (C=O) groups excluding carboxylic acids is 1. The van der Waals surface area contributed by atoms with Gasteiger partial charge in [0.05, 0.1) is 34.5 Å². The number of aromatic nitrogens is 1. The van der Waals surface area contributed by atoms with Gasteiger partial charge in [-0.3, -0.25) is 4.79 Å². The molecule has 0 aliphatic carbocycles. The molecule has 2 bridgehead atoms. The number of rotatable bonds is 5. The molecule has 3 heterocycles. The first-order valence-corrected chi connectivity index (χ1v) is 14.2. The van der Waals surface area contributed by atoms with Crippen LogP contribution in [0.4, 0.5) is 42.2 Å². The maximum absolute atomic E-state index is 14.1. The van der Waals surface area contributed by atoms with E-state index in [2.05, 4.69) is 9.88 Å². The topological polar surface area (TPSA) is 56.7 Å². The zero-order valence-electron chi connectivity index (χ0n) is 24.5. The molecule has 0 saturated carbocycles. The number of aliphatic hydroxyl groups is 1. The van der Waals surface area contributed by atoms with Crippen molar-refractivity contribution in [2.75, 3.05) is 16.8 Å². The summed E-state index contributed by atoms with van der Waals surface area (Å²) in [6.45, 7) is 4.22. The summed E-state index contributed by atoms with van der Waals surface area (Å²) < 4.78 is 95.8. The van der Waals surface area contributed by atoms with Crippen molar-refractivity contribution in [2.24, 2.45) is 0 Å². The predicted octanol–water partition coefficient (Wildman–Crippen LogP) is 7.67. The number of aryl methyl sites for hydroxylation is 1. The fourth-order valence-electron chi connectivity index (χ4n) is 6.48. The molecule has 1 N–H and O–H groups in total. The molecule has 2 saturated heterocycles. The third kappa shape index (κ3) is 5.88. The van der Waals surface area contributed by atoms with E-state index in [-0.39, 0.29) is 23.8 Å². The summed E-state index contributed by atoms with van der Waals surface area (Å²) in [5.41, 5.74) is -3.45. The maximum Gasteiger partial charge on any atom is 0.416 e. The Balaban J connectivity index is 1.60. The number of halogens is 7. The highest BCUT2D eigenvalue weighted by atomic mass is 19.4. The lowest BCUT2D eigenvalue weighted by atomic mass is 9.81. The lowest BCUT2D eigenvalue weighted by Gasteiger charge is -2.38. The van der Waals surface area contributed by atoms with Crippen LogP contribution in [0.1, 0.15) is 61.8 Å². The largest absolute Gasteiger partial charge is 0.416 e. The summed E-state index contributed by atoms with van der Waals surface area (Å²) in [5.74, 6) is -0.651. The van der Waals surface area contributed by atoms with E-state index < -0.39 is 52.3 Å². The summed E-state index contributed by atoms with van der Waals surface area (Å²) in [7, 11) is 1.38. The van der Waals surface area contributed by atoms with Gasteiger partial charge in [-0.15, -0.1) is 0 Å². The van der Waals surface area contributed by atoms with Gasteiger partial charge < -0.3 is 14.9 Å². The number of pyridine rings is 1. The molecule has 2 aliphatic heterocycles. The number of hydrogen-bond donors (Lipinski definition) is 1. The van der Waals surface area contributed by atoms with Gasteiger partial charge in [0.2, 0.25) is 5.91 Å². The van der Waals surface area contributed by atoms with Crippen LogP contribution in [0.15, 0.2) is 48.7 Å². The van der Waals surface area contributed by atoms with Gasteiger partial charge in [-0.05, 0) is 99.5 Å². The second-order valence-corrected chi connectivity index (χ2v) is 12.2. The molecule has 12 heteroatoms. The van der Waals surface area contributed by atoms with Crippen molar-refractivity contribution in [1.82, 2.24) is 4.98 Å². The van der Waals surface area contributed by atoms with Gasteiger partial charge in [-0.1, -0.05) is 6.07 Å². The highest BCUT2D eigenvalue weighted by molar-refractivity contribution is 6.03. The van der Waals surface area contributed by atoms with Crippen molar-refractivity contribution >= 4 is 17.4 Å². The van der Waals surface area contributed by atoms with Crippen LogP contribution in [-0.4, -0.2) is 41.2 Å². The molecule has 2 aliphatic rings. The molecular weight excluding hydrogens is 591 g/mol. The van der Waals surface area contributed by atoms with Crippen molar-refractivity contribution in [3.8, 4) is 11.1 Å². The van der Waals surface area contributed by atoms with E-state index in [1.54, 1.807) is 19.1 Å². The smallest absolute Gasteiger partial charge is 0.393 e. The number of amides is 1. The molecule has 2 unspecified atom stereocenters. The van der Waals surface area contributed by atoms with Crippen LogP contribution in [0.2, 0.25) is 0 Å². The molecule has 5 rings (SSSR count). The molecule has 0 radical (unpaired) electrons. The standard InChI is InChI=1S/C32H32F7N3O2/c1-17-9-21(33)5-8-25(17)26-15-28(42-22-6-7-23(42)14-24(43)13-22)40-16-27(26)41(4)29(44)30(2,3)18-10-19(31(34,35)36)12-20(11-18)32(37,38)39/h5,8-12,15-16,22-24,43H,6-7,13-14H2,1-4H3. The number of hydrogen-bond acceptors (Lipinski definition) is 4. The van der Waals surface area contributed by atoms with Crippen molar-refractivity contribution in [3.05, 3.63) is 76.7 Å². The number of carbonyl (C=O) groups is 1. The molecule has 5 nitrogen and oxygen atoms in total. The highest BCUT2D eigenvalue weighted by Crippen LogP contribution is 2.44. The highest BCUT2D eigenvalue weighted by Gasteiger charge is 2.43. The summed E-state index contributed by atoms with van der Waals surface area (Å²) in [5, 5.41) is 10.3. The number of benzene rings is 2. The van der Waals surface area contributed by atoms with Crippen LogP contribution >= 0.6 is 0 Å². The molecule has 2 atom stereocenters. The van der Waals surface area contributed by atoms with Crippen LogP contribution in [0.3, 0.4) is 0 Å². The minimum absolute atomic E-state index is 0.0263. The SMILES string of the molecule is Cc1cc(F)ccc1-c1cc(N2C3CCC2CC(O)C3)ncc1N(C)C(=O)C(C)(C)c1cc(C(F)(F)F)cc(C(F)(F)F)c1. The second-order valence-electron chi connectivity index (χ2n) is 12.2. The third-order valence-electron chi connectivity index (χ3n) is 8.83. The number of alkyl halides is 6. The Hall–Kier alpha value is -3.67. The third-order valence-corrected chi connectivity index (χ3v) is 8.83. The summed E-state index contributed by atoms with van der Waals surface area (Å²) in [6, 6.07) is 7.18. The molecule has 3 aromatic rings. The lowest BCUT2D eigenvalue weighted by Crippen LogP contribution is -2.45. The summed E-state index contributed by atoms with van der Waals surface area (Å²) in [4.78, 5) is 21.9.